The number of rotatable bonds is 67. The van der Waals surface area contributed by atoms with Gasteiger partial charge in [-0.05, 0) is 57.4 Å². The van der Waals surface area contributed by atoms with Gasteiger partial charge in [0.15, 0.2) is 0 Å². The third-order valence-electron chi connectivity index (χ3n) is 16.6. The van der Waals surface area contributed by atoms with Gasteiger partial charge in [0.2, 0.25) is 5.91 Å². The fourth-order valence-electron chi connectivity index (χ4n) is 11.1. The summed E-state index contributed by atoms with van der Waals surface area (Å²) in [4.78, 5) is 37.9. The maximum absolute atomic E-state index is 13.6. The Kier molecular flexibility index (Phi) is 61.4. The molecule has 3 unspecified atom stereocenters. The van der Waals surface area contributed by atoms with Crippen molar-refractivity contribution in [3.63, 3.8) is 0 Å². The summed E-state index contributed by atoms with van der Waals surface area (Å²) in [5, 5.41) is 3.08. The Morgan fingerprint density at radius 3 is 1.04 bits per heavy atom. The molecule has 0 heterocycles. The SMILES string of the molecule is CCCCCCCC/C=C/CCCCCCCCCCCCCCCC(=O)OC(/C=C/CCCCCCCCCCCC)C(COP(=O)(O)OCC[N+](C)(C)C)NC(=O)CCCCCCCCCCCCCCCCCCCCCCC. The van der Waals surface area contributed by atoms with E-state index in [1.807, 2.05) is 27.2 Å². The second kappa shape index (κ2) is 62.5. The lowest BCUT2D eigenvalue weighted by Gasteiger charge is -2.27. The molecule has 486 valence electrons. The van der Waals surface area contributed by atoms with Crippen LogP contribution >= 0.6 is 7.82 Å². The summed E-state index contributed by atoms with van der Waals surface area (Å²) in [5.41, 5.74) is 0. The number of amides is 1. The van der Waals surface area contributed by atoms with E-state index >= 15 is 0 Å². The van der Waals surface area contributed by atoms with Crippen molar-refractivity contribution in [1.29, 1.82) is 0 Å². The van der Waals surface area contributed by atoms with Crippen molar-refractivity contribution in [2.24, 2.45) is 0 Å². The number of quaternary nitrogens is 1. The molecule has 0 bridgehead atoms. The van der Waals surface area contributed by atoms with Crippen molar-refractivity contribution in [3.05, 3.63) is 24.3 Å². The van der Waals surface area contributed by atoms with Gasteiger partial charge in [-0.25, -0.2) is 4.57 Å². The van der Waals surface area contributed by atoms with Crippen LogP contribution in [0.3, 0.4) is 0 Å². The Bertz CT molecular complexity index is 1450. The first-order chi connectivity index (χ1) is 39.9. The molecule has 9 nitrogen and oxygen atoms in total. The molecule has 0 aliphatic rings. The number of carbonyl (C=O) groups excluding carboxylic acids is 2. The van der Waals surface area contributed by atoms with Gasteiger partial charge in [-0.2, -0.15) is 0 Å². The topological polar surface area (TPSA) is 111 Å². The number of phosphoric acid groups is 1. The lowest BCUT2D eigenvalue weighted by atomic mass is 10.0. The third-order valence-corrected chi connectivity index (χ3v) is 17.6. The number of hydrogen-bond acceptors (Lipinski definition) is 6. The van der Waals surface area contributed by atoms with Crippen LogP contribution in [0.1, 0.15) is 374 Å². The second-order valence-corrected chi connectivity index (χ2v) is 27.6. The fourth-order valence-corrected chi connectivity index (χ4v) is 11.8. The van der Waals surface area contributed by atoms with E-state index in [9.17, 15) is 19.0 Å². The number of allylic oxidation sites excluding steroid dienone is 3. The van der Waals surface area contributed by atoms with E-state index in [0.29, 0.717) is 23.9 Å². The Balaban J connectivity index is 5.02. The maximum Gasteiger partial charge on any atom is 0.472 e. The lowest BCUT2D eigenvalue weighted by molar-refractivity contribution is -0.870. The van der Waals surface area contributed by atoms with E-state index in [1.165, 1.54) is 283 Å². The van der Waals surface area contributed by atoms with Crippen molar-refractivity contribution in [3.8, 4) is 0 Å². The van der Waals surface area contributed by atoms with E-state index < -0.39 is 20.0 Å². The van der Waals surface area contributed by atoms with E-state index in [1.54, 1.807) is 0 Å². The molecule has 1 amide bonds. The number of carbonyl (C=O) groups is 2. The van der Waals surface area contributed by atoms with Crippen LogP contribution in [0.15, 0.2) is 24.3 Å². The quantitative estimate of drug-likeness (QED) is 0.0205. The zero-order valence-corrected chi connectivity index (χ0v) is 56.7. The predicted octanol–water partition coefficient (Wildman–Crippen LogP) is 22.9. The summed E-state index contributed by atoms with van der Waals surface area (Å²) in [6.45, 7) is 7.08. The van der Waals surface area contributed by atoms with Gasteiger partial charge < -0.3 is 19.4 Å². The fraction of sp³-hybridized carbons (Fsp3) is 0.917. The lowest BCUT2D eigenvalue weighted by Crippen LogP contribution is -2.47. The summed E-state index contributed by atoms with van der Waals surface area (Å²) in [7, 11) is 1.52. The van der Waals surface area contributed by atoms with Crippen molar-refractivity contribution in [2.75, 3.05) is 40.9 Å². The summed E-state index contributed by atoms with van der Waals surface area (Å²) in [6.07, 6.45) is 76.2. The molecule has 0 spiro atoms. The minimum Gasteiger partial charge on any atom is -0.456 e. The molecule has 10 heteroatoms. The van der Waals surface area contributed by atoms with Gasteiger partial charge in [-0.15, -0.1) is 0 Å². The minimum absolute atomic E-state index is 0.0446. The molecule has 0 fully saturated rings. The predicted molar refractivity (Wildman–Crippen MR) is 356 cm³/mol. The molecule has 0 aromatic rings. The van der Waals surface area contributed by atoms with Crippen LogP contribution in [0.5, 0.6) is 0 Å². The van der Waals surface area contributed by atoms with Crippen LogP contribution in [0.2, 0.25) is 0 Å². The Morgan fingerprint density at radius 2 is 0.707 bits per heavy atom. The van der Waals surface area contributed by atoms with E-state index in [2.05, 4.69) is 44.3 Å². The van der Waals surface area contributed by atoms with Gasteiger partial charge >= 0.3 is 13.8 Å². The highest BCUT2D eigenvalue weighted by Crippen LogP contribution is 2.43. The van der Waals surface area contributed by atoms with E-state index in [4.69, 9.17) is 13.8 Å². The Morgan fingerprint density at radius 1 is 0.415 bits per heavy atom. The van der Waals surface area contributed by atoms with E-state index in [0.717, 1.165) is 57.8 Å². The number of phosphoric ester groups is 1. The standard InChI is InChI=1S/C72H141N2O7P/c1-7-10-13-16-19-22-25-28-30-32-34-36-37-39-41-43-45-47-50-53-56-59-62-65-72(76)81-70(63-60-57-54-51-48-27-24-21-18-15-12-9-3)69(68-80-82(77,78)79-67-66-74(4,5)6)73-71(75)64-61-58-55-52-49-46-44-42-40-38-35-33-31-29-26-23-20-17-14-11-8-2/h28,30,60,63,69-70H,7-27,29,31-59,61-62,64-68H2,1-6H3,(H-,73,75,77,78)/p+1/b30-28+,63-60+. The van der Waals surface area contributed by atoms with Gasteiger partial charge in [0.1, 0.15) is 19.3 Å². The first kappa shape index (κ1) is 80.5. The summed E-state index contributed by atoms with van der Waals surface area (Å²) in [5.74, 6) is -0.481. The average molecular weight is 1180 g/mol. The summed E-state index contributed by atoms with van der Waals surface area (Å²) in [6, 6.07) is -0.843. The molecular weight excluding hydrogens is 1040 g/mol. The number of ether oxygens (including phenoxy) is 1. The summed E-state index contributed by atoms with van der Waals surface area (Å²) >= 11 is 0. The minimum atomic E-state index is -4.45. The number of esters is 1. The maximum atomic E-state index is 13.6. The number of nitrogens with zero attached hydrogens (tertiary/aromatic N) is 1. The van der Waals surface area contributed by atoms with Gasteiger partial charge in [-0.1, -0.05) is 328 Å². The molecule has 0 aromatic carbocycles. The van der Waals surface area contributed by atoms with Crippen molar-refractivity contribution in [1.82, 2.24) is 5.32 Å². The van der Waals surface area contributed by atoms with Gasteiger partial charge in [-0.3, -0.25) is 18.6 Å². The molecule has 0 saturated carbocycles. The van der Waals surface area contributed by atoms with Crippen LogP contribution in [0.25, 0.3) is 0 Å². The van der Waals surface area contributed by atoms with Crippen molar-refractivity contribution < 1.29 is 37.3 Å². The van der Waals surface area contributed by atoms with Crippen LogP contribution in [-0.4, -0.2) is 74.3 Å². The largest absolute Gasteiger partial charge is 0.472 e. The monoisotopic (exact) mass is 1180 g/mol. The van der Waals surface area contributed by atoms with E-state index in [-0.39, 0.29) is 25.1 Å². The molecule has 0 aliphatic heterocycles. The molecule has 0 aromatic heterocycles. The molecule has 0 aliphatic carbocycles. The highest BCUT2D eigenvalue weighted by molar-refractivity contribution is 7.47. The zero-order chi connectivity index (χ0) is 60.0. The molecule has 2 N–H and O–H groups in total. The number of likely N-dealkylation sites (N-methyl/N-ethyl adjacent to an activating group) is 1. The Hall–Kier alpha value is -1.51. The number of unbranched alkanes of at least 4 members (excludes halogenated alkanes) is 49. The molecule has 3 atom stereocenters. The average Bonchev–Trinajstić information content (AvgIpc) is 3.44. The van der Waals surface area contributed by atoms with Crippen molar-refractivity contribution >= 4 is 19.7 Å². The Labute approximate surface area is 511 Å². The summed E-state index contributed by atoms with van der Waals surface area (Å²) < 4.78 is 30.9. The van der Waals surface area contributed by atoms with Crippen LogP contribution in [-0.2, 0) is 27.9 Å². The van der Waals surface area contributed by atoms with Gasteiger partial charge in [0.25, 0.3) is 0 Å². The molecule has 0 radical (unpaired) electrons. The highest BCUT2D eigenvalue weighted by atomic mass is 31.2. The highest BCUT2D eigenvalue weighted by Gasteiger charge is 2.30. The third kappa shape index (κ3) is 63.0. The number of hydrogen-bond donors (Lipinski definition) is 2. The second-order valence-electron chi connectivity index (χ2n) is 26.1. The molecule has 82 heavy (non-hydrogen) atoms. The normalized spacial score (nSPS) is 13.6. The van der Waals surface area contributed by atoms with Crippen LogP contribution in [0.4, 0.5) is 0 Å². The first-order valence-corrected chi connectivity index (χ1v) is 37.7. The van der Waals surface area contributed by atoms with Crippen molar-refractivity contribution in [2.45, 2.75) is 386 Å². The van der Waals surface area contributed by atoms with Gasteiger partial charge in [0, 0.05) is 12.8 Å². The molecular formula is C72H142N2O7P+. The van der Waals surface area contributed by atoms with Gasteiger partial charge in [0.05, 0.1) is 33.8 Å². The molecule has 0 rings (SSSR count). The van der Waals surface area contributed by atoms with Crippen LogP contribution < -0.4 is 5.32 Å². The molecule has 0 saturated heterocycles. The smallest absolute Gasteiger partial charge is 0.456 e. The first-order valence-electron chi connectivity index (χ1n) is 36.2. The zero-order valence-electron chi connectivity index (χ0n) is 55.8. The van der Waals surface area contributed by atoms with Crippen LogP contribution in [0, 0.1) is 0 Å². The number of nitrogens with one attached hydrogen (secondary N) is 1.